The van der Waals surface area contributed by atoms with Crippen molar-refractivity contribution in [3.05, 3.63) is 0 Å². The summed E-state index contributed by atoms with van der Waals surface area (Å²) in [5.41, 5.74) is 0. The maximum atomic E-state index is 11.1. The van der Waals surface area contributed by atoms with E-state index in [-0.39, 0.29) is 6.04 Å². The summed E-state index contributed by atoms with van der Waals surface area (Å²) < 4.78 is 27.3. The molecule has 1 heterocycles. The molecule has 2 aliphatic rings. The summed E-state index contributed by atoms with van der Waals surface area (Å²) in [5, 5.41) is 0. The molecule has 5 heteroatoms. The van der Waals surface area contributed by atoms with Crippen LogP contribution in [0.2, 0.25) is 0 Å². The molecule has 0 radical (unpaired) electrons. The Bertz CT molecular complexity index is 263. The first-order chi connectivity index (χ1) is 5.67. The summed E-state index contributed by atoms with van der Waals surface area (Å²) in [4.78, 5) is 0. The highest BCUT2D eigenvalue weighted by molar-refractivity contribution is 7.87. The summed E-state index contributed by atoms with van der Waals surface area (Å²) in [5.74, 6) is 0.516. The molecule has 0 aromatic heterocycles. The third-order valence-corrected chi connectivity index (χ3v) is 3.91. The van der Waals surface area contributed by atoms with Crippen molar-refractivity contribution >= 4 is 10.2 Å². The summed E-state index contributed by atoms with van der Waals surface area (Å²) >= 11 is 0. The van der Waals surface area contributed by atoms with Gasteiger partial charge in [-0.1, -0.05) is 12.8 Å². The Morgan fingerprint density at radius 3 is 2.75 bits per heavy atom. The van der Waals surface area contributed by atoms with Crippen molar-refractivity contribution in [2.24, 2.45) is 5.92 Å². The van der Waals surface area contributed by atoms with Gasteiger partial charge < -0.3 is 0 Å². The molecule has 2 rings (SSSR count). The Balaban J connectivity index is 2.08. The van der Waals surface area contributed by atoms with Crippen LogP contribution in [0.5, 0.6) is 0 Å². The summed E-state index contributed by atoms with van der Waals surface area (Å²) in [6.07, 6.45) is 4.56. The standard InChI is InChI=1S/C7H14N2O2S/c10-12(11)8-5-6-3-1-2-4-7(6)9-12/h6-9H,1-5H2. The van der Waals surface area contributed by atoms with Crippen LogP contribution >= 0.6 is 0 Å². The van der Waals surface area contributed by atoms with Gasteiger partial charge in [0.25, 0.3) is 10.2 Å². The third kappa shape index (κ3) is 1.62. The predicted molar refractivity (Wildman–Crippen MR) is 45.8 cm³/mol. The molecule has 2 fully saturated rings. The average molecular weight is 190 g/mol. The fourth-order valence-electron chi connectivity index (χ4n) is 2.06. The Morgan fingerprint density at radius 2 is 1.92 bits per heavy atom. The van der Waals surface area contributed by atoms with Crippen LogP contribution in [0.1, 0.15) is 25.7 Å². The third-order valence-electron chi connectivity index (χ3n) is 2.75. The SMILES string of the molecule is O=S1(=O)NCC2CCCCC2N1. The molecule has 1 aliphatic heterocycles. The molecule has 0 bridgehead atoms. The Hall–Kier alpha value is -0.130. The van der Waals surface area contributed by atoms with Gasteiger partial charge in [-0.2, -0.15) is 13.1 Å². The zero-order chi connectivity index (χ0) is 8.60. The number of hydrogen-bond acceptors (Lipinski definition) is 2. The number of hydrogen-bond donors (Lipinski definition) is 2. The zero-order valence-electron chi connectivity index (χ0n) is 6.91. The first-order valence-electron chi connectivity index (χ1n) is 4.44. The highest BCUT2D eigenvalue weighted by atomic mass is 32.2. The quantitative estimate of drug-likeness (QED) is 0.564. The molecule has 0 aromatic rings. The topological polar surface area (TPSA) is 58.2 Å². The van der Waals surface area contributed by atoms with Gasteiger partial charge in [-0.25, -0.2) is 4.72 Å². The second-order valence-electron chi connectivity index (χ2n) is 3.62. The molecule has 1 saturated heterocycles. The monoisotopic (exact) mass is 190 g/mol. The lowest BCUT2D eigenvalue weighted by molar-refractivity contribution is 0.273. The Kier molecular flexibility index (Phi) is 2.10. The molecule has 2 unspecified atom stereocenters. The predicted octanol–water partition coefficient (Wildman–Crippen LogP) is -0.0172. The van der Waals surface area contributed by atoms with Gasteiger partial charge in [0.2, 0.25) is 0 Å². The summed E-state index contributed by atoms with van der Waals surface area (Å²) in [7, 11) is -3.15. The van der Waals surface area contributed by atoms with Gasteiger partial charge in [0.1, 0.15) is 0 Å². The minimum atomic E-state index is -3.15. The lowest BCUT2D eigenvalue weighted by Crippen LogP contribution is -2.55. The van der Waals surface area contributed by atoms with Crippen LogP contribution in [0.25, 0.3) is 0 Å². The minimum Gasteiger partial charge on any atom is -0.202 e. The average Bonchev–Trinajstić information content (AvgIpc) is 2.02. The zero-order valence-corrected chi connectivity index (χ0v) is 7.73. The van der Waals surface area contributed by atoms with E-state index in [0.717, 1.165) is 19.3 Å². The molecule has 1 saturated carbocycles. The molecule has 1 aliphatic carbocycles. The molecular formula is C7H14N2O2S. The van der Waals surface area contributed by atoms with E-state index in [1.807, 2.05) is 0 Å². The summed E-state index contributed by atoms with van der Waals surface area (Å²) in [6, 6.07) is 0.199. The second kappa shape index (κ2) is 2.97. The highest BCUT2D eigenvalue weighted by Crippen LogP contribution is 2.26. The van der Waals surface area contributed by atoms with Crippen molar-refractivity contribution in [2.75, 3.05) is 6.54 Å². The molecule has 0 aromatic carbocycles. The van der Waals surface area contributed by atoms with Gasteiger partial charge >= 0.3 is 0 Å². The van der Waals surface area contributed by atoms with E-state index in [2.05, 4.69) is 9.44 Å². The molecule has 0 spiro atoms. The van der Waals surface area contributed by atoms with Crippen LogP contribution in [-0.4, -0.2) is 21.0 Å². The fourth-order valence-corrected chi connectivity index (χ4v) is 3.29. The van der Waals surface area contributed by atoms with Crippen molar-refractivity contribution < 1.29 is 8.42 Å². The van der Waals surface area contributed by atoms with Crippen LogP contribution in [0, 0.1) is 5.92 Å². The Morgan fingerprint density at radius 1 is 1.17 bits per heavy atom. The van der Waals surface area contributed by atoms with Gasteiger partial charge in [0.15, 0.2) is 0 Å². The minimum absolute atomic E-state index is 0.199. The summed E-state index contributed by atoms with van der Waals surface area (Å²) in [6.45, 7) is 0.625. The molecule has 2 N–H and O–H groups in total. The van der Waals surface area contributed by atoms with Crippen LogP contribution in [-0.2, 0) is 10.2 Å². The fraction of sp³-hybridized carbons (Fsp3) is 1.00. The lowest BCUT2D eigenvalue weighted by Gasteiger charge is -2.35. The van der Waals surface area contributed by atoms with Gasteiger partial charge in [-0.3, -0.25) is 0 Å². The Labute approximate surface area is 72.9 Å². The largest absolute Gasteiger partial charge is 0.277 e. The van der Waals surface area contributed by atoms with E-state index in [1.54, 1.807) is 0 Å². The first-order valence-corrected chi connectivity index (χ1v) is 5.93. The van der Waals surface area contributed by atoms with E-state index in [0.29, 0.717) is 12.5 Å². The van der Waals surface area contributed by atoms with Crippen molar-refractivity contribution in [1.82, 2.24) is 9.44 Å². The van der Waals surface area contributed by atoms with E-state index in [9.17, 15) is 8.42 Å². The normalized spacial score (nSPS) is 40.3. The molecule has 12 heavy (non-hydrogen) atoms. The lowest BCUT2D eigenvalue weighted by atomic mass is 9.85. The number of nitrogens with one attached hydrogen (secondary N) is 2. The van der Waals surface area contributed by atoms with E-state index in [1.165, 1.54) is 6.42 Å². The van der Waals surface area contributed by atoms with Crippen LogP contribution in [0.15, 0.2) is 0 Å². The molecule has 0 amide bonds. The van der Waals surface area contributed by atoms with Crippen molar-refractivity contribution in [3.8, 4) is 0 Å². The molecule has 2 atom stereocenters. The smallest absolute Gasteiger partial charge is 0.202 e. The number of fused-ring (bicyclic) bond motifs is 1. The van der Waals surface area contributed by atoms with E-state index in [4.69, 9.17) is 0 Å². The van der Waals surface area contributed by atoms with E-state index < -0.39 is 10.2 Å². The second-order valence-corrected chi connectivity index (χ2v) is 5.15. The maximum Gasteiger partial charge on any atom is 0.277 e. The van der Waals surface area contributed by atoms with Crippen LogP contribution < -0.4 is 9.44 Å². The van der Waals surface area contributed by atoms with Gasteiger partial charge in [-0.15, -0.1) is 0 Å². The van der Waals surface area contributed by atoms with Crippen molar-refractivity contribution in [1.29, 1.82) is 0 Å². The van der Waals surface area contributed by atoms with E-state index >= 15 is 0 Å². The molecule has 4 nitrogen and oxygen atoms in total. The highest BCUT2D eigenvalue weighted by Gasteiger charge is 2.33. The van der Waals surface area contributed by atoms with Gasteiger partial charge in [-0.05, 0) is 18.8 Å². The number of rotatable bonds is 0. The first kappa shape index (κ1) is 8.47. The van der Waals surface area contributed by atoms with Crippen molar-refractivity contribution in [2.45, 2.75) is 31.7 Å². The van der Waals surface area contributed by atoms with Gasteiger partial charge in [0.05, 0.1) is 0 Å². The molecular weight excluding hydrogens is 176 g/mol. The van der Waals surface area contributed by atoms with Crippen LogP contribution in [0.3, 0.4) is 0 Å². The van der Waals surface area contributed by atoms with Crippen molar-refractivity contribution in [3.63, 3.8) is 0 Å². The van der Waals surface area contributed by atoms with Crippen LogP contribution in [0.4, 0.5) is 0 Å². The van der Waals surface area contributed by atoms with Gasteiger partial charge in [0, 0.05) is 12.6 Å². The molecule has 70 valence electrons. The maximum absolute atomic E-state index is 11.1.